The van der Waals surface area contributed by atoms with Crippen molar-refractivity contribution in [2.75, 3.05) is 18.5 Å². The summed E-state index contributed by atoms with van der Waals surface area (Å²) in [5.41, 5.74) is -0.460. The first-order valence-corrected chi connectivity index (χ1v) is 6.71. The Morgan fingerprint density at radius 1 is 1.41 bits per heavy atom. The molecule has 0 aliphatic rings. The van der Waals surface area contributed by atoms with E-state index < -0.39 is 5.60 Å². The molecule has 0 saturated heterocycles. The van der Waals surface area contributed by atoms with Gasteiger partial charge in [-0.25, -0.2) is 9.97 Å². The van der Waals surface area contributed by atoms with E-state index in [1.54, 1.807) is 6.20 Å². The van der Waals surface area contributed by atoms with Crippen LogP contribution in [0.2, 0.25) is 0 Å². The van der Waals surface area contributed by atoms with Crippen LogP contribution in [0.1, 0.15) is 39.9 Å². The fourth-order valence-corrected chi connectivity index (χ4v) is 1.78. The topological polar surface area (TPSA) is 47.0 Å². The highest BCUT2D eigenvalue weighted by atomic mass is 79.9. The molecule has 0 saturated carbocycles. The number of hydrogen-bond acceptors (Lipinski definition) is 4. The minimum atomic E-state index is -0.460. The highest BCUT2D eigenvalue weighted by molar-refractivity contribution is 9.10. The van der Waals surface area contributed by atoms with Gasteiger partial charge in [0.05, 0.1) is 4.47 Å². The normalized spacial score (nSPS) is 11.6. The van der Waals surface area contributed by atoms with Gasteiger partial charge in [-0.05, 0) is 43.1 Å². The SMILES string of the molecule is CCCNc1nc(C(C)(C)OCC)ncc1Br. The molecule has 96 valence electrons. The molecule has 1 aromatic heterocycles. The Morgan fingerprint density at radius 2 is 2.12 bits per heavy atom. The van der Waals surface area contributed by atoms with Crippen LogP contribution in [0.5, 0.6) is 0 Å². The van der Waals surface area contributed by atoms with Gasteiger partial charge in [-0.15, -0.1) is 0 Å². The molecule has 0 radical (unpaired) electrons. The van der Waals surface area contributed by atoms with Gasteiger partial charge in [0.25, 0.3) is 0 Å². The first kappa shape index (κ1) is 14.4. The summed E-state index contributed by atoms with van der Waals surface area (Å²) < 4.78 is 6.52. The third kappa shape index (κ3) is 3.92. The minimum absolute atomic E-state index is 0.460. The summed E-state index contributed by atoms with van der Waals surface area (Å²) in [4.78, 5) is 8.82. The number of hydrogen-bond donors (Lipinski definition) is 1. The lowest BCUT2D eigenvalue weighted by atomic mass is 10.1. The lowest BCUT2D eigenvalue weighted by Crippen LogP contribution is -2.25. The molecule has 0 bridgehead atoms. The molecule has 1 heterocycles. The Hall–Kier alpha value is -0.680. The third-order valence-electron chi connectivity index (χ3n) is 2.33. The number of aromatic nitrogens is 2. The van der Waals surface area contributed by atoms with Gasteiger partial charge in [0, 0.05) is 19.3 Å². The third-order valence-corrected chi connectivity index (χ3v) is 2.91. The van der Waals surface area contributed by atoms with Crippen molar-refractivity contribution < 1.29 is 4.74 Å². The van der Waals surface area contributed by atoms with Crippen LogP contribution in [0.15, 0.2) is 10.7 Å². The molecule has 0 atom stereocenters. The monoisotopic (exact) mass is 301 g/mol. The molecule has 0 unspecified atom stereocenters. The van der Waals surface area contributed by atoms with Gasteiger partial charge < -0.3 is 10.1 Å². The lowest BCUT2D eigenvalue weighted by Gasteiger charge is -2.23. The van der Waals surface area contributed by atoms with E-state index in [0.29, 0.717) is 12.4 Å². The minimum Gasteiger partial charge on any atom is -0.369 e. The van der Waals surface area contributed by atoms with E-state index in [1.807, 2.05) is 20.8 Å². The molecule has 0 aliphatic carbocycles. The Morgan fingerprint density at radius 3 is 2.71 bits per heavy atom. The Balaban J connectivity index is 2.94. The highest BCUT2D eigenvalue weighted by Crippen LogP contribution is 2.25. The molecule has 0 amide bonds. The largest absolute Gasteiger partial charge is 0.369 e. The van der Waals surface area contributed by atoms with Gasteiger partial charge in [-0.1, -0.05) is 6.92 Å². The van der Waals surface area contributed by atoms with Crippen molar-refractivity contribution in [1.82, 2.24) is 9.97 Å². The van der Waals surface area contributed by atoms with Crippen molar-refractivity contribution in [3.63, 3.8) is 0 Å². The number of rotatable bonds is 6. The van der Waals surface area contributed by atoms with E-state index in [1.165, 1.54) is 0 Å². The summed E-state index contributed by atoms with van der Waals surface area (Å²) in [5.74, 6) is 1.52. The van der Waals surface area contributed by atoms with Crippen LogP contribution < -0.4 is 5.32 Å². The molecule has 1 aromatic rings. The van der Waals surface area contributed by atoms with Crippen molar-refractivity contribution in [2.24, 2.45) is 0 Å². The van der Waals surface area contributed by atoms with Gasteiger partial charge in [0.2, 0.25) is 0 Å². The molecule has 0 spiro atoms. The standard InChI is InChI=1S/C12H20BrN3O/c1-5-7-14-10-9(13)8-15-11(16-10)12(3,4)17-6-2/h8H,5-7H2,1-4H3,(H,14,15,16). The number of nitrogens with one attached hydrogen (secondary N) is 1. The Bertz CT molecular complexity index is 369. The van der Waals surface area contributed by atoms with E-state index in [0.717, 1.165) is 23.3 Å². The molecule has 17 heavy (non-hydrogen) atoms. The van der Waals surface area contributed by atoms with Crippen molar-refractivity contribution >= 4 is 21.7 Å². The second-order valence-electron chi connectivity index (χ2n) is 4.26. The summed E-state index contributed by atoms with van der Waals surface area (Å²) in [5, 5.41) is 3.26. The Labute approximate surface area is 111 Å². The van der Waals surface area contributed by atoms with E-state index in [9.17, 15) is 0 Å². The van der Waals surface area contributed by atoms with Crippen LogP contribution in [0, 0.1) is 0 Å². The second kappa shape index (κ2) is 6.31. The zero-order valence-corrected chi connectivity index (χ0v) is 12.5. The van der Waals surface area contributed by atoms with Crippen molar-refractivity contribution in [3.05, 3.63) is 16.5 Å². The Kier molecular flexibility index (Phi) is 5.33. The van der Waals surface area contributed by atoms with Crippen LogP contribution in [0.4, 0.5) is 5.82 Å². The van der Waals surface area contributed by atoms with E-state index in [2.05, 4.69) is 38.1 Å². The molecule has 1 rings (SSSR count). The average molecular weight is 302 g/mol. The summed E-state index contributed by atoms with van der Waals surface area (Å²) in [6, 6.07) is 0. The second-order valence-corrected chi connectivity index (χ2v) is 5.11. The first-order chi connectivity index (χ1) is 8.01. The highest BCUT2D eigenvalue weighted by Gasteiger charge is 2.24. The fourth-order valence-electron chi connectivity index (χ4n) is 1.45. The summed E-state index contributed by atoms with van der Waals surface area (Å²) in [7, 11) is 0. The number of halogens is 1. The maximum absolute atomic E-state index is 5.65. The number of anilines is 1. The summed E-state index contributed by atoms with van der Waals surface area (Å²) >= 11 is 3.44. The van der Waals surface area contributed by atoms with Crippen LogP contribution in [-0.4, -0.2) is 23.1 Å². The molecular formula is C12H20BrN3O. The van der Waals surface area contributed by atoms with Crippen LogP contribution >= 0.6 is 15.9 Å². The van der Waals surface area contributed by atoms with E-state index >= 15 is 0 Å². The van der Waals surface area contributed by atoms with Gasteiger partial charge in [-0.3, -0.25) is 0 Å². The number of ether oxygens (including phenoxy) is 1. The maximum Gasteiger partial charge on any atom is 0.162 e. The van der Waals surface area contributed by atoms with Crippen LogP contribution in [-0.2, 0) is 10.3 Å². The first-order valence-electron chi connectivity index (χ1n) is 5.92. The van der Waals surface area contributed by atoms with Crippen molar-refractivity contribution in [3.8, 4) is 0 Å². The van der Waals surface area contributed by atoms with Crippen LogP contribution in [0.25, 0.3) is 0 Å². The van der Waals surface area contributed by atoms with Gasteiger partial charge in [0.15, 0.2) is 5.82 Å². The van der Waals surface area contributed by atoms with Gasteiger partial charge >= 0.3 is 0 Å². The van der Waals surface area contributed by atoms with Crippen molar-refractivity contribution in [2.45, 2.75) is 39.7 Å². The summed E-state index contributed by atoms with van der Waals surface area (Å²) in [6.07, 6.45) is 2.82. The zero-order chi connectivity index (χ0) is 12.9. The smallest absolute Gasteiger partial charge is 0.162 e. The molecular weight excluding hydrogens is 282 g/mol. The van der Waals surface area contributed by atoms with Gasteiger partial charge in [0.1, 0.15) is 11.4 Å². The fraction of sp³-hybridized carbons (Fsp3) is 0.667. The predicted octanol–water partition coefficient (Wildman–Crippen LogP) is 3.33. The van der Waals surface area contributed by atoms with Crippen LogP contribution in [0.3, 0.4) is 0 Å². The van der Waals surface area contributed by atoms with Crippen molar-refractivity contribution in [1.29, 1.82) is 0 Å². The number of nitrogens with zero attached hydrogens (tertiary/aromatic N) is 2. The average Bonchev–Trinajstić information content (AvgIpc) is 2.27. The summed E-state index contributed by atoms with van der Waals surface area (Å²) in [6.45, 7) is 9.57. The maximum atomic E-state index is 5.65. The molecule has 4 nitrogen and oxygen atoms in total. The van der Waals surface area contributed by atoms with Gasteiger partial charge in [-0.2, -0.15) is 0 Å². The zero-order valence-electron chi connectivity index (χ0n) is 10.9. The molecule has 1 N–H and O–H groups in total. The lowest BCUT2D eigenvalue weighted by molar-refractivity contribution is -0.0207. The van der Waals surface area contributed by atoms with E-state index in [4.69, 9.17) is 4.74 Å². The molecule has 5 heteroatoms. The molecule has 0 fully saturated rings. The van der Waals surface area contributed by atoms with E-state index in [-0.39, 0.29) is 0 Å². The molecule has 0 aromatic carbocycles. The predicted molar refractivity (Wildman–Crippen MR) is 73.2 cm³/mol. The quantitative estimate of drug-likeness (QED) is 0.875. The molecule has 0 aliphatic heterocycles.